The Balaban J connectivity index is 2.73. The first-order valence-electron chi connectivity index (χ1n) is 4.84. The van der Waals surface area contributed by atoms with Gasteiger partial charge in [0.1, 0.15) is 5.82 Å². The normalized spacial score (nSPS) is 12.2. The van der Waals surface area contributed by atoms with E-state index < -0.39 is 5.82 Å². The van der Waals surface area contributed by atoms with Gasteiger partial charge >= 0.3 is 0 Å². The predicted octanol–water partition coefficient (Wildman–Crippen LogP) is 1.98. The summed E-state index contributed by atoms with van der Waals surface area (Å²) in [4.78, 5) is 13.8. The third-order valence-electron chi connectivity index (χ3n) is 2.07. The van der Waals surface area contributed by atoms with E-state index in [1.165, 1.54) is 28.8 Å². The molecule has 0 aromatic heterocycles. The van der Waals surface area contributed by atoms with Crippen LogP contribution >= 0.6 is 11.8 Å². The first kappa shape index (κ1) is 12.8. The molecule has 0 saturated carbocycles. The van der Waals surface area contributed by atoms with E-state index in [9.17, 15) is 9.18 Å². The van der Waals surface area contributed by atoms with Gasteiger partial charge in [0.25, 0.3) is 0 Å². The van der Waals surface area contributed by atoms with E-state index in [4.69, 9.17) is 5.73 Å². The molecule has 0 aliphatic heterocycles. The lowest BCUT2D eigenvalue weighted by Crippen LogP contribution is -2.29. The van der Waals surface area contributed by atoms with Crippen LogP contribution < -0.4 is 5.73 Å². The molecule has 3 nitrogen and oxygen atoms in total. The average molecular weight is 242 g/mol. The number of thioether (sulfide) groups is 1. The number of hydrogen-bond acceptors (Lipinski definition) is 3. The molecule has 1 rings (SSSR count). The Labute approximate surface area is 98.8 Å². The van der Waals surface area contributed by atoms with Crippen molar-refractivity contribution in [1.82, 2.24) is 4.90 Å². The monoisotopic (exact) mass is 242 g/mol. The average Bonchev–Trinajstić information content (AvgIpc) is 2.22. The second-order valence-corrected chi connectivity index (χ2v) is 5.09. The van der Waals surface area contributed by atoms with Crippen LogP contribution in [-0.2, 0) is 4.79 Å². The Bertz CT molecular complexity index is 396. The smallest absolute Gasteiger partial charge is 0.235 e. The lowest BCUT2D eigenvalue weighted by molar-refractivity contribution is -0.127. The van der Waals surface area contributed by atoms with Crippen molar-refractivity contribution < 1.29 is 9.18 Å². The van der Waals surface area contributed by atoms with Crippen LogP contribution in [0.1, 0.15) is 6.92 Å². The molecule has 1 unspecified atom stereocenters. The lowest BCUT2D eigenvalue weighted by atomic mass is 10.3. The van der Waals surface area contributed by atoms with Gasteiger partial charge in [-0.25, -0.2) is 4.39 Å². The van der Waals surface area contributed by atoms with Crippen molar-refractivity contribution in [3.05, 3.63) is 24.0 Å². The third kappa shape index (κ3) is 3.13. The summed E-state index contributed by atoms with van der Waals surface area (Å²) in [6.07, 6.45) is 0. The van der Waals surface area contributed by atoms with E-state index in [-0.39, 0.29) is 16.8 Å². The molecule has 0 radical (unpaired) electrons. The van der Waals surface area contributed by atoms with Crippen LogP contribution in [0.15, 0.2) is 23.1 Å². The van der Waals surface area contributed by atoms with Gasteiger partial charge in [-0.2, -0.15) is 0 Å². The molecule has 88 valence electrons. The SMILES string of the molecule is CC(Sc1ccc(N)c(F)c1)C(=O)N(C)C. The van der Waals surface area contributed by atoms with E-state index >= 15 is 0 Å². The maximum atomic E-state index is 13.2. The van der Waals surface area contributed by atoms with E-state index in [1.807, 2.05) is 0 Å². The molecule has 16 heavy (non-hydrogen) atoms. The van der Waals surface area contributed by atoms with Gasteiger partial charge in [0.05, 0.1) is 10.9 Å². The summed E-state index contributed by atoms with van der Waals surface area (Å²) >= 11 is 1.32. The molecule has 0 saturated heterocycles. The molecule has 0 bridgehead atoms. The lowest BCUT2D eigenvalue weighted by Gasteiger charge is -2.16. The second kappa shape index (κ2) is 5.21. The van der Waals surface area contributed by atoms with Crippen LogP contribution in [0.5, 0.6) is 0 Å². The number of nitrogens with two attached hydrogens (primary N) is 1. The highest BCUT2D eigenvalue weighted by atomic mass is 32.2. The zero-order valence-electron chi connectivity index (χ0n) is 9.53. The van der Waals surface area contributed by atoms with Crippen LogP contribution in [0.4, 0.5) is 10.1 Å². The molecule has 1 amide bonds. The number of carbonyl (C=O) groups is 1. The number of halogens is 1. The summed E-state index contributed by atoms with van der Waals surface area (Å²) in [6, 6.07) is 4.56. The van der Waals surface area contributed by atoms with Gasteiger partial charge in [-0.3, -0.25) is 4.79 Å². The summed E-state index contributed by atoms with van der Waals surface area (Å²) in [5.41, 5.74) is 5.49. The standard InChI is InChI=1S/C11H15FN2OS/c1-7(11(15)14(2)3)16-8-4-5-10(13)9(12)6-8/h4-7H,13H2,1-3H3. The van der Waals surface area contributed by atoms with Crippen molar-refractivity contribution in [2.24, 2.45) is 0 Å². The molecule has 1 atom stereocenters. The van der Waals surface area contributed by atoms with Gasteiger partial charge in [-0.05, 0) is 25.1 Å². The Morgan fingerprint density at radius 3 is 2.62 bits per heavy atom. The number of amides is 1. The van der Waals surface area contributed by atoms with Crippen molar-refractivity contribution in [2.45, 2.75) is 17.1 Å². The summed E-state index contributed by atoms with van der Waals surface area (Å²) < 4.78 is 13.2. The molecule has 0 aliphatic rings. The summed E-state index contributed by atoms with van der Waals surface area (Å²) in [6.45, 7) is 1.79. The number of hydrogen-bond donors (Lipinski definition) is 1. The molecular weight excluding hydrogens is 227 g/mol. The molecule has 0 spiro atoms. The van der Waals surface area contributed by atoms with Crippen LogP contribution in [-0.4, -0.2) is 30.2 Å². The fourth-order valence-corrected chi connectivity index (χ4v) is 2.24. The number of nitrogens with zero attached hydrogens (tertiary/aromatic N) is 1. The third-order valence-corrected chi connectivity index (χ3v) is 3.15. The molecule has 1 aromatic carbocycles. The van der Waals surface area contributed by atoms with Gasteiger partial charge in [0.15, 0.2) is 0 Å². The minimum absolute atomic E-state index is 0.00207. The number of rotatable bonds is 3. The number of carbonyl (C=O) groups excluding carboxylic acids is 1. The first-order valence-corrected chi connectivity index (χ1v) is 5.72. The Hall–Kier alpha value is -1.23. The molecule has 0 fully saturated rings. The van der Waals surface area contributed by atoms with E-state index in [0.29, 0.717) is 4.90 Å². The molecular formula is C11H15FN2OS. The molecule has 1 aromatic rings. The van der Waals surface area contributed by atoms with Crippen molar-refractivity contribution in [3.63, 3.8) is 0 Å². The van der Waals surface area contributed by atoms with Gasteiger partial charge in [-0.1, -0.05) is 0 Å². The summed E-state index contributed by atoms with van der Waals surface area (Å²) in [5.74, 6) is -0.447. The highest BCUT2D eigenvalue weighted by Gasteiger charge is 2.16. The largest absolute Gasteiger partial charge is 0.396 e. The maximum Gasteiger partial charge on any atom is 0.235 e. The quantitative estimate of drug-likeness (QED) is 0.651. The zero-order valence-corrected chi connectivity index (χ0v) is 10.3. The van der Waals surface area contributed by atoms with Gasteiger partial charge in [0.2, 0.25) is 5.91 Å². The topological polar surface area (TPSA) is 46.3 Å². The highest BCUT2D eigenvalue weighted by Crippen LogP contribution is 2.26. The van der Waals surface area contributed by atoms with Crippen molar-refractivity contribution in [1.29, 1.82) is 0 Å². The zero-order chi connectivity index (χ0) is 12.3. The van der Waals surface area contributed by atoms with Crippen molar-refractivity contribution in [3.8, 4) is 0 Å². The Kier molecular flexibility index (Phi) is 4.18. The van der Waals surface area contributed by atoms with Crippen molar-refractivity contribution in [2.75, 3.05) is 19.8 Å². The fourth-order valence-electron chi connectivity index (χ4n) is 1.20. The maximum absolute atomic E-state index is 13.2. The van der Waals surface area contributed by atoms with E-state index in [1.54, 1.807) is 27.1 Å². The number of anilines is 1. The van der Waals surface area contributed by atoms with Crippen LogP contribution in [0, 0.1) is 5.82 Å². The first-order chi connectivity index (χ1) is 7.41. The van der Waals surface area contributed by atoms with Crippen LogP contribution in [0.3, 0.4) is 0 Å². The number of benzene rings is 1. The minimum atomic E-state index is -0.450. The van der Waals surface area contributed by atoms with Crippen LogP contribution in [0.2, 0.25) is 0 Å². The molecule has 0 aliphatic carbocycles. The summed E-state index contributed by atoms with van der Waals surface area (Å²) in [5, 5.41) is -0.238. The van der Waals surface area contributed by atoms with Crippen LogP contribution in [0.25, 0.3) is 0 Å². The summed E-state index contributed by atoms with van der Waals surface area (Å²) in [7, 11) is 3.39. The predicted molar refractivity (Wildman–Crippen MR) is 64.8 cm³/mol. The number of nitrogen functional groups attached to an aromatic ring is 1. The van der Waals surface area contributed by atoms with Gasteiger partial charge in [0, 0.05) is 19.0 Å². The highest BCUT2D eigenvalue weighted by molar-refractivity contribution is 8.00. The van der Waals surface area contributed by atoms with Gasteiger partial charge in [-0.15, -0.1) is 11.8 Å². The molecule has 0 heterocycles. The van der Waals surface area contributed by atoms with E-state index in [2.05, 4.69) is 0 Å². The Morgan fingerprint density at radius 2 is 2.12 bits per heavy atom. The van der Waals surface area contributed by atoms with Crippen molar-refractivity contribution >= 4 is 23.4 Å². The van der Waals surface area contributed by atoms with Gasteiger partial charge < -0.3 is 10.6 Å². The van der Waals surface area contributed by atoms with E-state index in [0.717, 1.165) is 0 Å². The minimum Gasteiger partial charge on any atom is -0.396 e. The molecule has 2 N–H and O–H groups in total. The molecule has 5 heteroatoms. The fraction of sp³-hybridized carbons (Fsp3) is 0.364. The second-order valence-electron chi connectivity index (χ2n) is 3.68. The Morgan fingerprint density at radius 1 is 1.50 bits per heavy atom.